The highest BCUT2D eigenvalue weighted by Crippen LogP contribution is 2.29. The molecule has 0 radical (unpaired) electrons. The molecule has 0 aliphatic heterocycles. The number of nitrogens with zero attached hydrogens (tertiary/aromatic N) is 1. The Hall–Kier alpha value is -2.55. The van der Waals surface area contributed by atoms with Gasteiger partial charge in [0.15, 0.2) is 11.7 Å². The third-order valence-corrected chi connectivity index (χ3v) is 4.44. The maximum atomic E-state index is 12.4. The van der Waals surface area contributed by atoms with Gasteiger partial charge in [0, 0.05) is 22.3 Å². The fraction of sp³-hybridized carbons (Fsp3) is 0.235. The zero-order chi connectivity index (χ0) is 19.0. The molecule has 0 aromatic heterocycles. The second-order valence-corrected chi connectivity index (χ2v) is 6.79. The minimum Gasteiger partial charge on any atom is -0.404 e. The maximum absolute atomic E-state index is 12.4. The van der Waals surface area contributed by atoms with Crippen molar-refractivity contribution in [2.75, 3.05) is 17.6 Å². The molecule has 0 fully saturated rings. The number of hydrogen-bond donors (Lipinski definition) is 2. The van der Waals surface area contributed by atoms with Crippen LogP contribution in [0.15, 0.2) is 59.6 Å². The Kier molecular flexibility index (Phi) is 7.02. The predicted molar refractivity (Wildman–Crippen MR) is 96.4 cm³/mol. The Morgan fingerprint density at radius 1 is 1.12 bits per heavy atom. The molecule has 26 heavy (non-hydrogen) atoms. The van der Waals surface area contributed by atoms with Gasteiger partial charge in [-0.15, -0.1) is 13.2 Å². The lowest BCUT2D eigenvalue weighted by molar-refractivity contribution is -0.274. The summed E-state index contributed by atoms with van der Waals surface area (Å²) in [5.74, 6) is 0.204. The Balaban J connectivity index is 1.88. The summed E-state index contributed by atoms with van der Waals surface area (Å²) >= 11 is 0. The van der Waals surface area contributed by atoms with Crippen molar-refractivity contribution < 1.29 is 22.1 Å². The quantitative estimate of drug-likeness (QED) is 0.567. The van der Waals surface area contributed by atoms with Crippen LogP contribution in [0.25, 0.3) is 0 Å². The first-order valence-electron chi connectivity index (χ1n) is 7.64. The average molecular weight is 385 g/mol. The van der Waals surface area contributed by atoms with Gasteiger partial charge in [0.1, 0.15) is 0 Å². The Labute approximate surface area is 151 Å². The summed E-state index contributed by atoms with van der Waals surface area (Å²) in [7, 11) is -1.12. The van der Waals surface area contributed by atoms with E-state index in [2.05, 4.69) is 15.0 Å². The van der Waals surface area contributed by atoms with Gasteiger partial charge in [0.05, 0.1) is 12.2 Å². The largest absolute Gasteiger partial charge is 0.573 e. The maximum Gasteiger partial charge on any atom is 0.573 e. The van der Waals surface area contributed by atoms with E-state index in [9.17, 15) is 17.4 Å². The van der Waals surface area contributed by atoms with Crippen LogP contribution in [-0.2, 0) is 16.6 Å². The first-order valence-corrected chi connectivity index (χ1v) is 9.13. The third-order valence-electron chi connectivity index (χ3n) is 3.15. The number of rotatable bonds is 7. The molecule has 5 nitrogen and oxygen atoms in total. The van der Waals surface area contributed by atoms with E-state index < -0.39 is 22.9 Å². The fourth-order valence-corrected chi connectivity index (χ4v) is 3.06. The van der Waals surface area contributed by atoms with Crippen molar-refractivity contribution in [2.45, 2.75) is 12.1 Å². The summed E-state index contributed by atoms with van der Waals surface area (Å²) in [6.45, 7) is 0.181. The first-order chi connectivity index (χ1) is 12.3. The van der Waals surface area contributed by atoms with Gasteiger partial charge in [0.2, 0.25) is 0 Å². The molecular formula is C17H18F3N3O2S. The smallest absolute Gasteiger partial charge is 0.404 e. The summed E-state index contributed by atoms with van der Waals surface area (Å²) in [5, 5.41) is 2.56. The topological polar surface area (TPSA) is 76.7 Å². The van der Waals surface area contributed by atoms with E-state index in [0.29, 0.717) is 5.75 Å². The monoisotopic (exact) mass is 385 g/mol. The van der Waals surface area contributed by atoms with E-state index >= 15 is 0 Å². The molecule has 2 rings (SSSR count). The average Bonchev–Trinajstić information content (AvgIpc) is 2.56. The zero-order valence-electron chi connectivity index (χ0n) is 13.7. The molecule has 0 heterocycles. The van der Waals surface area contributed by atoms with Crippen LogP contribution in [0.3, 0.4) is 0 Å². The molecule has 1 atom stereocenters. The Morgan fingerprint density at radius 2 is 1.77 bits per heavy atom. The molecule has 0 bridgehead atoms. The van der Waals surface area contributed by atoms with E-state index in [1.165, 1.54) is 18.2 Å². The lowest BCUT2D eigenvalue weighted by Gasteiger charge is -2.14. The number of anilines is 1. The molecular weight excluding hydrogens is 367 g/mol. The number of ether oxygens (including phenoxy) is 1. The number of guanidine groups is 1. The second-order valence-electron chi connectivity index (χ2n) is 5.21. The third kappa shape index (κ3) is 7.14. The highest BCUT2D eigenvalue weighted by Gasteiger charge is 2.32. The van der Waals surface area contributed by atoms with Crippen LogP contribution in [0, 0.1) is 0 Å². The fourth-order valence-electron chi connectivity index (χ4n) is 2.06. The molecule has 2 aromatic carbocycles. The lowest BCUT2D eigenvalue weighted by Crippen LogP contribution is -2.25. The van der Waals surface area contributed by atoms with Gasteiger partial charge in [0.25, 0.3) is 0 Å². The van der Waals surface area contributed by atoms with Gasteiger partial charge in [-0.3, -0.25) is 9.20 Å². The molecule has 0 saturated carbocycles. The van der Waals surface area contributed by atoms with Crippen LogP contribution in [0.1, 0.15) is 5.56 Å². The number of para-hydroxylation sites is 2. The number of nitrogens with two attached hydrogens (primary N) is 1. The van der Waals surface area contributed by atoms with E-state index in [4.69, 9.17) is 5.73 Å². The summed E-state index contributed by atoms with van der Waals surface area (Å²) in [5.41, 5.74) is 6.68. The number of nitrogens with one attached hydrogen (secondary N) is 1. The standard InChI is InChI=1S/C17H18F3N3O2S/c18-17(19,20)25-15-9-5-4-8-14(15)23-16(21)22-10-11-26(24)12-13-6-2-1-3-7-13/h1-9H,10-12H2,(H3,21,22,23). The van der Waals surface area contributed by atoms with Gasteiger partial charge in [-0.05, 0) is 17.7 Å². The molecule has 0 aliphatic rings. The van der Waals surface area contributed by atoms with E-state index in [0.717, 1.165) is 11.6 Å². The van der Waals surface area contributed by atoms with Crippen LogP contribution < -0.4 is 15.8 Å². The lowest BCUT2D eigenvalue weighted by atomic mass is 10.2. The Morgan fingerprint density at radius 3 is 2.46 bits per heavy atom. The number of halogens is 3. The van der Waals surface area contributed by atoms with Crippen LogP contribution in [-0.4, -0.2) is 28.8 Å². The summed E-state index contributed by atoms with van der Waals surface area (Å²) in [6, 6.07) is 14.9. The van der Waals surface area contributed by atoms with E-state index in [1.807, 2.05) is 30.3 Å². The number of benzene rings is 2. The summed E-state index contributed by atoms with van der Waals surface area (Å²) in [6.07, 6.45) is -4.81. The Bertz CT molecular complexity index is 767. The van der Waals surface area contributed by atoms with Gasteiger partial charge in [-0.25, -0.2) is 0 Å². The first kappa shape index (κ1) is 19.8. The predicted octanol–water partition coefficient (Wildman–Crippen LogP) is 3.26. The van der Waals surface area contributed by atoms with Crippen molar-refractivity contribution in [2.24, 2.45) is 10.7 Å². The number of aliphatic imine (C=N–C) groups is 1. The van der Waals surface area contributed by atoms with Crippen LogP contribution in [0.5, 0.6) is 5.75 Å². The van der Waals surface area contributed by atoms with Crippen molar-refractivity contribution in [3.63, 3.8) is 0 Å². The minimum absolute atomic E-state index is 0.0384. The van der Waals surface area contributed by atoms with Crippen molar-refractivity contribution >= 4 is 22.4 Å². The van der Waals surface area contributed by atoms with E-state index in [-0.39, 0.29) is 23.9 Å². The highest BCUT2D eigenvalue weighted by atomic mass is 32.2. The van der Waals surface area contributed by atoms with Crippen molar-refractivity contribution in [3.05, 3.63) is 60.2 Å². The molecule has 140 valence electrons. The molecule has 9 heteroatoms. The van der Waals surface area contributed by atoms with Crippen molar-refractivity contribution in [1.82, 2.24) is 0 Å². The van der Waals surface area contributed by atoms with Gasteiger partial charge >= 0.3 is 6.36 Å². The molecule has 0 amide bonds. The molecule has 1 unspecified atom stereocenters. The van der Waals surface area contributed by atoms with Gasteiger partial charge in [-0.1, -0.05) is 42.5 Å². The summed E-state index contributed by atoms with van der Waals surface area (Å²) in [4.78, 5) is 3.99. The minimum atomic E-state index is -4.81. The van der Waals surface area contributed by atoms with Gasteiger partial charge in [-0.2, -0.15) is 0 Å². The molecule has 0 spiro atoms. The zero-order valence-corrected chi connectivity index (χ0v) is 14.5. The van der Waals surface area contributed by atoms with E-state index in [1.54, 1.807) is 0 Å². The summed E-state index contributed by atoms with van der Waals surface area (Å²) < 4.78 is 53.1. The van der Waals surface area contributed by atoms with Crippen LogP contribution >= 0.6 is 0 Å². The molecule has 0 aliphatic carbocycles. The van der Waals surface area contributed by atoms with Crippen molar-refractivity contribution in [3.8, 4) is 5.75 Å². The van der Waals surface area contributed by atoms with Crippen LogP contribution in [0.4, 0.5) is 18.9 Å². The molecule has 2 aromatic rings. The van der Waals surface area contributed by atoms with Crippen LogP contribution in [0.2, 0.25) is 0 Å². The number of hydrogen-bond acceptors (Lipinski definition) is 3. The SMILES string of the molecule is NC(=NCCS(=O)Cc1ccccc1)Nc1ccccc1OC(F)(F)F. The molecule has 3 N–H and O–H groups in total. The second kappa shape index (κ2) is 9.23. The van der Waals surface area contributed by atoms with Gasteiger partial charge < -0.3 is 15.8 Å². The van der Waals surface area contributed by atoms with Crippen molar-refractivity contribution in [1.29, 1.82) is 0 Å². The number of alkyl halides is 3. The normalized spacial score (nSPS) is 13.3. The molecule has 0 saturated heterocycles. The highest BCUT2D eigenvalue weighted by molar-refractivity contribution is 7.84.